The van der Waals surface area contributed by atoms with Crippen molar-refractivity contribution in [2.45, 2.75) is 37.6 Å². The number of aliphatic hydroxyl groups excluding tert-OH is 4. The van der Waals surface area contributed by atoms with Crippen LogP contribution in [0.25, 0.3) is 21.9 Å². The SMILES string of the molecule is Cc1cc(-c2cccc3ccccc23)c(C#N)c(=S)n1[C@@H]1O[C@H](CO)[C@H](O)[C@H](O)[C@H]1O. The van der Waals surface area contributed by atoms with Crippen LogP contribution in [0.4, 0.5) is 0 Å². The van der Waals surface area contributed by atoms with Crippen molar-refractivity contribution in [3.63, 3.8) is 0 Å². The van der Waals surface area contributed by atoms with Crippen molar-refractivity contribution in [3.8, 4) is 17.2 Å². The molecule has 4 N–H and O–H groups in total. The van der Waals surface area contributed by atoms with Gasteiger partial charge < -0.3 is 29.7 Å². The Morgan fingerprint density at radius 1 is 1.03 bits per heavy atom. The highest BCUT2D eigenvalue weighted by Gasteiger charge is 2.44. The molecule has 1 aromatic heterocycles. The molecular formula is C23H22N2O5S. The fourth-order valence-electron chi connectivity index (χ4n) is 4.14. The number of pyridine rings is 1. The van der Waals surface area contributed by atoms with E-state index in [0.29, 0.717) is 11.3 Å². The summed E-state index contributed by atoms with van der Waals surface area (Å²) >= 11 is 5.61. The molecule has 7 nitrogen and oxygen atoms in total. The fourth-order valence-corrected chi connectivity index (χ4v) is 4.54. The second-order valence-corrected chi connectivity index (χ2v) is 7.99. The van der Waals surface area contributed by atoms with Gasteiger partial charge >= 0.3 is 0 Å². The van der Waals surface area contributed by atoms with Crippen molar-refractivity contribution < 1.29 is 25.2 Å². The highest BCUT2D eigenvalue weighted by atomic mass is 32.1. The predicted octanol–water partition coefficient (Wildman–Crippen LogP) is 2.19. The van der Waals surface area contributed by atoms with Gasteiger partial charge in [0.2, 0.25) is 0 Å². The van der Waals surface area contributed by atoms with Crippen LogP contribution in [0.1, 0.15) is 17.5 Å². The van der Waals surface area contributed by atoms with Crippen LogP contribution < -0.4 is 0 Å². The van der Waals surface area contributed by atoms with Gasteiger partial charge in [-0.2, -0.15) is 5.26 Å². The molecule has 0 aliphatic carbocycles. The van der Waals surface area contributed by atoms with Gasteiger partial charge in [0.25, 0.3) is 0 Å². The lowest BCUT2D eigenvalue weighted by Crippen LogP contribution is -2.56. The summed E-state index contributed by atoms with van der Waals surface area (Å²) in [6.07, 6.45) is -6.76. The molecule has 0 unspecified atom stereocenters. The van der Waals surface area contributed by atoms with Gasteiger partial charge in [0, 0.05) is 11.3 Å². The van der Waals surface area contributed by atoms with E-state index in [1.165, 1.54) is 4.57 Å². The highest BCUT2D eigenvalue weighted by Crippen LogP contribution is 2.35. The molecule has 5 atom stereocenters. The van der Waals surface area contributed by atoms with E-state index in [9.17, 15) is 25.7 Å². The summed E-state index contributed by atoms with van der Waals surface area (Å²) < 4.78 is 7.25. The Kier molecular flexibility index (Phi) is 5.90. The van der Waals surface area contributed by atoms with Crippen LogP contribution >= 0.6 is 12.2 Å². The molecule has 31 heavy (non-hydrogen) atoms. The normalized spacial score (nSPS) is 26.0. The molecule has 1 aliphatic heterocycles. The number of nitrogens with zero attached hydrogens (tertiary/aromatic N) is 2. The number of fused-ring (bicyclic) bond motifs is 1. The Morgan fingerprint density at radius 3 is 2.45 bits per heavy atom. The van der Waals surface area contributed by atoms with E-state index >= 15 is 0 Å². The van der Waals surface area contributed by atoms with E-state index in [-0.39, 0.29) is 10.2 Å². The number of aryl methyl sites for hydroxylation is 1. The van der Waals surface area contributed by atoms with Gasteiger partial charge in [0.15, 0.2) is 6.23 Å². The van der Waals surface area contributed by atoms with Crippen LogP contribution in [-0.2, 0) is 4.74 Å². The molecule has 0 bridgehead atoms. The first-order chi connectivity index (χ1) is 14.9. The first-order valence-corrected chi connectivity index (χ1v) is 10.2. The summed E-state index contributed by atoms with van der Waals surface area (Å²) in [5, 5.41) is 52.2. The predicted molar refractivity (Wildman–Crippen MR) is 117 cm³/mol. The number of hydrogen-bond acceptors (Lipinski definition) is 7. The van der Waals surface area contributed by atoms with Crippen molar-refractivity contribution >= 4 is 23.0 Å². The standard InChI is InChI=1S/C23H22N2O5S/c1-12-9-16(15-8-4-6-13-5-2-3-7-14(13)15)17(10-24)23(31)25(12)22-21(29)20(28)19(27)18(11-26)30-22/h2-9,18-22,26-29H,11H2,1H3/t18-,19+,20+,21-,22-/m1/s1. The molecule has 2 aromatic carbocycles. The van der Waals surface area contributed by atoms with Crippen LogP contribution in [0.5, 0.6) is 0 Å². The zero-order chi connectivity index (χ0) is 22.3. The van der Waals surface area contributed by atoms with Crippen molar-refractivity contribution in [2.75, 3.05) is 6.61 Å². The monoisotopic (exact) mass is 438 g/mol. The largest absolute Gasteiger partial charge is 0.394 e. The lowest BCUT2D eigenvalue weighted by molar-refractivity contribution is -0.252. The smallest absolute Gasteiger partial charge is 0.164 e. The third-order valence-corrected chi connectivity index (χ3v) is 6.15. The minimum absolute atomic E-state index is 0.134. The maximum absolute atomic E-state index is 10.5. The quantitative estimate of drug-likeness (QED) is 0.463. The zero-order valence-corrected chi connectivity index (χ0v) is 17.5. The number of benzene rings is 2. The van der Waals surface area contributed by atoms with E-state index in [1.54, 1.807) is 13.0 Å². The van der Waals surface area contributed by atoms with Crippen LogP contribution in [0.2, 0.25) is 0 Å². The van der Waals surface area contributed by atoms with Gasteiger partial charge in [-0.05, 0) is 29.3 Å². The van der Waals surface area contributed by atoms with Gasteiger partial charge in [-0.3, -0.25) is 0 Å². The molecule has 0 radical (unpaired) electrons. The molecule has 2 heterocycles. The summed E-state index contributed by atoms with van der Waals surface area (Å²) in [6, 6.07) is 17.6. The molecule has 4 rings (SSSR count). The van der Waals surface area contributed by atoms with Crippen molar-refractivity contribution in [3.05, 3.63) is 64.4 Å². The minimum atomic E-state index is -1.54. The van der Waals surface area contributed by atoms with Crippen molar-refractivity contribution in [1.29, 1.82) is 5.26 Å². The number of hydrogen-bond donors (Lipinski definition) is 4. The Bertz CT molecular complexity index is 1230. The van der Waals surface area contributed by atoms with Crippen molar-refractivity contribution in [1.82, 2.24) is 4.57 Å². The fraction of sp³-hybridized carbons (Fsp3) is 0.304. The Morgan fingerprint density at radius 2 is 1.74 bits per heavy atom. The first kappa shape index (κ1) is 21.6. The van der Waals surface area contributed by atoms with Crippen molar-refractivity contribution in [2.24, 2.45) is 0 Å². The first-order valence-electron chi connectivity index (χ1n) is 9.84. The second-order valence-electron chi connectivity index (χ2n) is 7.61. The second kappa shape index (κ2) is 8.48. The van der Waals surface area contributed by atoms with Crippen LogP contribution in [0, 0.1) is 22.9 Å². The molecule has 8 heteroatoms. The van der Waals surface area contributed by atoms with E-state index in [4.69, 9.17) is 17.0 Å². The molecular weight excluding hydrogens is 416 g/mol. The number of aliphatic hydroxyl groups is 4. The van der Waals surface area contributed by atoms with Gasteiger partial charge in [-0.15, -0.1) is 0 Å². The van der Waals surface area contributed by atoms with Crippen LogP contribution in [0.15, 0.2) is 48.5 Å². The van der Waals surface area contributed by atoms with Gasteiger partial charge in [0.1, 0.15) is 35.1 Å². The van der Waals surface area contributed by atoms with Gasteiger partial charge in [-0.25, -0.2) is 0 Å². The number of nitriles is 1. The van der Waals surface area contributed by atoms with E-state index in [0.717, 1.165) is 16.3 Å². The highest BCUT2D eigenvalue weighted by molar-refractivity contribution is 7.71. The third-order valence-electron chi connectivity index (χ3n) is 5.75. The minimum Gasteiger partial charge on any atom is -0.394 e. The molecule has 1 fully saturated rings. The molecule has 0 amide bonds. The maximum Gasteiger partial charge on any atom is 0.164 e. The Labute approximate surface area is 184 Å². The molecule has 0 spiro atoms. The number of aromatic nitrogens is 1. The van der Waals surface area contributed by atoms with Gasteiger partial charge in [0.05, 0.1) is 12.2 Å². The lowest BCUT2D eigenvalue weighted by atomic mass is 9.94. The Balaban J connectivity index is 1.91. The van der Waals surface area contributed by atoms with E-state index in [2.05, 4.69) is 6.07 Å². The number of rotatable bonds is 3. The van der Waals surface area contributed by atoms with Gasteiger partial charge in [-0.1, -0.05) is 54.7 Å². The summed E-state index contributed by atoms with van der Waals surface area (Å²) in [6.45, 7) is 1.21. The summed E-state index contributed by atoms with van der Waals surface area (Å²) in [5.41, 5.74) is 2.33. The number of ether oxygens (including phenoxy) is 1. The van der Waals surface area contributed by atoms with E-state index < -0.39 is 37.3 Å². The molecule has 1 aliphatic rings. The average Bonchev–Trinajstić information content (AvgIpc) is 2.78. The summed E-state index contributed by atoms with van der Waals surface area (Å²) in [7, 11) is 0. The van der Waals surface area contributed by atoms with Crippen LogP contribution in [0.3, 0.4) is 0 Å². The zero-order valence-electron chi connectivity index (χ0n) is 16.7. The third kappa shape index (κ3) is 3.55. The average molecular weight is 439 g/mol. The topological polar surface area (TPSA) is 119 Å². The summed E-state index contributed by atoms with van der Waals surface area (Å²) in [4.78, 5) is 0. The van der Waals surface area contributed by atoms with E-state index in [1.807, 2.05) is 42.5 Å². The molecule has 3 aromatic rings. The summed E-state index contributed by atoms with van der Waals surface area (Å²) in [5.74, 6) is 0. The lowest BCUT2D eigenvalue weighted by Gasteiger charge is -2.41. The van der Waals surface area contributed by atoms with Crippen LogP contribution in [-0.4, -0.2) is 56.0 Å². The molecule has 1 saturated heterocycles. The Hall–Kier alpha value is -2.64. The molecule has 0 saturated carbocycles. The maximum atomic E-state index is 10.5. The molecule has 160 valence electrons.